The minimum atomic E-state index is -0.264. The van der Waals surface area contributed by atoms with Gasteiger partial charge in [-0.2, -0.15) is 0 Å². The van der Waals surface area contributed by atoms with Gasteiger partial charge in [-0.1, -0.05) is 6.92 Å². The van der Waals surface area contributed by atoms with E-state index in [0.29, 0.717) is 24.1 Å². The quantitative estimate of drug-likeness (QED) is 0.792. The van der Waals surface area contributed by atoms with Crippen molar-refractivity contribution in [2.75, 3.05) is 13.2 Å². The van der Waals surface area contributed by atoms with Gasteiger partial charge in [-0.15, -0.1) is 0 Å². The smallest absolute Gasteiger partial charge is 0.263 e. The summed E-state index contributed by atoms with van der Waals surface area (Å²) >= 11 is 0. The standard InChI is InChI=1S/C13H16N2O3/c1-9(8-16)3-2-6-15-12(17)10-4-5-14-7-11(10)13(15)18/h4-5,7,9,16H,2-3,6,8H2,1H3. The molecule has 1 aromatic rings. The summed E-state index contributed by atoms with van der Waals surface area (Å²) in [5.41, 5.74) is 0.822. The third kappa shape index (κ3) is 2.26. The van der Waals surface area contributed by atoms with E-state index in [1.54, 1.807) is 6.07 Å². The summed E-state index contributed by atoms with van der Waals surface area (Å²) < 4.78 is 0. The Labute approximate surface area is 105 Å². The van der Waals surface area contributed by atoms with Crippen molar-refractivity contribution in [3.63, 3.8) is 0 Å². The number of aromatic nitrogens is 1. The van der Waals surface area contributed by atoms with E-state index >= 15 is 0 Å². The van der Waals surface area contributed by atoms with Crippen LogP contribution in [0.2, 0.25) is 0 Å². The molecule has 5 nitrogen and oxygen atoms in total. The van der Waals surface area contributed by atoms with Crippen LogP contribution in [0.5, 0.6) is 0 Å². The van der Waals surface area contributed by atoms with Crippen molar-refractivity contribution in [1.82, 2.24) is 9.88 Å². The van der Waals surface area contributed by atoms with Gasteiger partial charge in [0.2, 0.25) is 0 Å². The Balaban J connectivity index is 2.01. The number of aliphatic hydroxyl groups is 1. The molecule has 2 rings (SSSR count). The Morgan fingerprint density at radius 3 is 2.72 bits per heavy atom. The molecule has 5 heteroatoms. The lowest BCUT2D eigenvalue weighted by atomic mass is 10.1. The van der Waals surface area contributed by atoms with E-state index in [4.69, 9.17) is 5.11 Å². The van der Waals surface area contributed by atoms with Crippen LogP contribution in [0.4, 0.5) is 0 Å². The Morgan fingerprint density at radius 2 is 2.06 bits per heavy atom. The van der Waals surface area contributed by atoms with E-state index in [0.717, 1.165) is 6.42 Å². The summed E-state index contributed by atoms with van der Waals surface area (Å²) in [6.07, 6.45) is 4.45. The molecular weight excluding hydrogens is 232 g/mol. The van der Waals surface area contributed by atoms with Gasteiger partial charge in [0, 0.05) is 25.5 Å². The molecule has 0 spiro atoms. The number of carbonyl (C=O) groups is 2. The molecule has 2 amide bonds. The van der Waals surface area contributed by atoms with Crippen LogP contribution in [0, 0.1) is 5.92 Å². The van der Waals surface area contributed by atoms with Gasteiger partial charge in [-0.05, 0) is 24.8 Å². The molecule has 0 saturated carbocycles. The molecule has 1 aliphatic heterocycles. The molecule has 2 heterocycles. The number of hydrogen-bond donors (Lipinski definition) is 1. The minimum absolute atomic E-state index is 0.131. The van der Waals surface area contributed by atoms with Crippen molar-refractivity contribution in [3.8, 4) is 0 Å². The highest BCUT2D eigenvalue weighted by Crippen LogP contribution is 2.22. The third-order valence-corrected chi connectivity index (χ3v) is 3.16. The summed E-state index contributed by atoms with van der Waals surface area (Å²) in [4.78, 5) is 29.1. The van der Waals surface area contributed by atoms with Gasteiger partial charge < -0.3 is 5.11 Å². The summed E-state index contributed by atoms with van der Waals surface area (Å²) in [6, 6.07) is 1.58. The van der Waals surface area contributed by atoms with Gasteiger partial charge >= 0.3 is 0 Å². The predicted molar refractivity (Wildman–Crippen MR) is 65.1 cm³/mol. The van der Waals surface area contributed by atoms with Crippen LogP contribution in [-0.2, 0) is 0 Å². The number of aliphatic hydroxyl groups excluding tert-OH is 1. The van der Waals surface area contributed by atoms with Crippen LogP contribution < -0.4 is 0 Å². The molecule has 0 saturated heterocycles. The Bertz CT molecular complexity index is 438. The SMILES string of the molecule is CC(CO)CCCN1C(=O)c2ccncc2C1=O. The molecule has 1 aromatic heterocycles. The van der Waals surface area contributed by atoms with Gasteiger partial charge in [0.1, 0.15) is 0 Å². The van der Waals surface area contributed by atoms with Crippen molar-refractivity contribution in [2.45, 2.75) is 19.8 Å². The van der Waals surface area contributed by atoms with Crippen LogP contribution in [0.25, 0.3) is 0 Å². The summed E-state index contributed by atoms with van der Waals surface area (Å²) in [5.74, 6) is -0.310. The molecule has 0 fully saturated rings. The fraction of sp³-hybridized carbons (Fsp3) is 0.462. The van der Waals surface area contributed by atoms with Crippen LogP contribution in [-0.4, -0.2) is 40.0 Å². The van der Waals surface area contributed by atoms with E-state index < -0.39 is 0 Å². The van der Waals surface area contributed by atoms with Crippen molar-refractivity contribution >= 4 is 11.8 Å². The molecular formula is C13H16N2O3. The maximum atomic E-state index is 12.0. The van der Waals surface area contributed by atoms with E-state index in [1.807, 2.05) is 6.92 Å². The molecule has 0 aliphatic carbocycles. The first-order valence-electron chi connectivity index (χ1n) is 6.06. The molecule has 0 aromatic carbocycles. The summed E-state index contributed by atoms with van der Waals surface area (Å²) in [6.45, 7) is 2.47. The average Bonchev–Trinajstić information content (AvgIpc) is 2.64. The lowest BCUT2D eigenvalue weighted by molar-refractivity contribution is 0.0648. The second-order valence-corrected chi connectivity index (χ2v) is 4.61. The van der Waals surface area contributed by atoms with Gasteiger partial charge in [-0.25, -0.2) is 0 Å². The highest BCUT2D eigenvalue weighted by molar-refractivity contribution is 6.21. The first-order valence-corrected chi connectivity index (χ1v) is 6.06. The molecule has 0 radical (unpaired) electrons. The van der Waals surface area contributed by atoms with Crippen molar-refractivity contribution in [2.24, 2.45) is 5.92 Å². The predicted octanol–water partition coefficient (Wildman–Crippen LogP) is 1.09. The van der Waals surface area contributed by atoms with Gasteiger partial charge in [-0.3, -0.25) is 19.5 Å². The second-order valence-electron chi connectivity index (χ2n) is 4.61. The fourth-order valence-corrected chi connectivity index (χ4v) is 2.03. The van der Waals surface area contributed by atoms with Crippen molar-refractivity contribution in [1.29, 1.82) is 0 Å². The maximum Gasteiger partial charge on any atom is 0.263 e. The highest BCUT2D eigenvalue weighted by Gasteiger charge is 2.34. The minimum Gasteiger partial charge on any atom is -0.396 e. The second kappa shape index (κ2) is 5.27. The number of carbonyl (C=O) groups excluding carboxylic acids is 2. The van der Waals surface area contributed by atoms with Crippen molar-refractivity contribution < 1.29 is 14.7 Å². The first-order chi connectivity index (χ1) is 8.65. The van der Waals surface area contributed by atoms with Crippen LogP contribution in [0.15, 0.2) is 18.5 Å². The van der Waals surface area contributed by atoms with Gasteiger partial charge in [0.15, 0.2) is 0 Å². The molecule has 1 unspecified atom stereocenters. The topological polar surface area (TPSA) is 70.5 Å². The largest absolute Gasteiger partial charge is 0.396 e. The van der Waals surface area contributed by atoms with Crippen LogP contribution in [0.3, 0.4) is 0 Å². The van der Waals surface area contributed by atoms with Crippen LogP contribution >= 0.6 is 0 Å². The Kier molecular flexibility index (Phi) is 3.72. The monoisotopic (exact) mass is 248 g/mol. The first kappa shape index (κ1) is 12.7. The molecule has 18 heavy (non-hydrogen) atoms. The molecule has 96 valence electrons. The Hall–Kier alpha value is -1.75. The fourth-order valence-electron chi connectivity index (χ4n) is 2.03. The van der Waals surface area contributed by atoms with E-state index in [1.165, 1.54) is 17.3 Å². The maximum absolute atomic E-state index is 12.0. The number of pyridine rings is 1. The zero-order chi connectivity index (χ0) is 13.1. The number of fused-ring (bicyclic) bond motifs is 1. The van der Waals surface area contributed by atoms with E-state index in [-0.39, 0.29) is 24.3 Å². The highest BCUT2D eigenvalue weighted by atomic mass is 16.3. The zero-order valence-corrected chi connectivity index (χ0v) is 10.3. The zero-order valence-electron chi connectivity index (χ0n) is 10.3. The molecule has 1 aliphatic rings. The normalized spacial score (nSPS) is 16.0. The third-order valence-electron chi connectivity index (χ3n) is 3.16. The van der Waals surface area contributed by atoms with Gasteiger partial charge in [0.05, 0.1) is 11.1 Å². The Morgan fingerprint density at radius 1 is 1.33 bits per heavy atom. The molecule has 1 atom stereocenters. The lowest BCUT2D eigenvalue weighted by Gasteiger charge is -2.14. The summed E-state index contributed by atoms with van der Waals surface area (Å²) in [7, 11) is 0. The number of hydrogen-bond acceptors (Lipinski definition) is 4. The number of rotatable bonds is 5. The summed E-state index contributed by atoms with van der Waals surface area (Å²) in [5, 5.41) is 8.92. The number of amides is 2. The molecule has 0 bridgehead atoms. The molecule has 1 N–H and O–H groups in total. The van der Waals surface area contributed by atoms with Crippen LogP contribution in [0.1, 0.15) is 40.5 Å². The number of nitrogens with zero attached hydrogens (tertiary/aromatic N) is 2. The average molecular weight is 248 g/mol. The van der Waals surface area contributed by atoms with E-state index in [9.17, 15) is 9.59 Å². The van der Waals surface area contributed by atoms with Gasteiger partial charge in [0.25, 0.3) is 11.8 Å². The lowest BCUT2D eigenvalue weighted by Crippen LogP contribution is -2.31. The number of imide groups is 1. The van der Waals surface area contributed by atoms with Crippen molar-refractivity contribution in [3.05, 3.63) is 29.6 Å². The van der Waals surface area contributed by atoms with E-state index in [2.05, 4.69) is 4.98 Å².